The van der Waals surface area contributed by atoms with Crippen LogP contribution in [-0.2, 0) is 11.3 Å². The average molecular weight is 320 g/mol. The second kappa shape index (κ2) is 6.79. The predicted molar refractivity (Wildman–Crippen MR) is 85.8 cm³/mol. The van der Waals surface area contributed by atoms with Crippen LogP contribution in [0.1, 0.15) is 44.6 Å². The topological polar surface area (TPSA) is 48.3 Å². The molecule has 0 aliphatic carbocycles. The molecule has 0 saturated carbocycles. The van der Waals surface area contributed by atoms with Crippen LogP contribution < -0.4 is 0 Å². The largest absolute Gasteiger partial charge is 0.462 e. The normalized spacial score (nSPS) is 10.5. The fraction of sp³-hybridized carbons (Fsp3) is 0.294. The molecule has 0 N–H and O–H groups in total. The minimum atomic E-state index is -0.463. The van der Waals surface area contributed by atoms with Gasteiger partial charge in [-0.05, 0) is 38.5 Å². The smallest absolute Gasteiger partial charge is 0.340 e. The highest BCUT2D eigenvalue weighted by Crippen LogP contribution is 2.24. The van der Waals surface area contributed by atoms with Crippen molar-refractivity contribution in [3.05, 3.63) is 57.4 Å². The van der Waals surface area contributed by atoms with Crippen LogP contribution in [0.4, 0.5) is 0 Å². The molecule has 1 aromatic carbocycles. The van der Waals surface area contributed by atoms with Crippen molar-refractivity contribution in [2.45, 2.75) is 27.3 Å². The van der Waals surface area contributed by atoms with Gasteiger partial charge in [0.25, 0.3) is 0 Å². The van der Waals surface area contributed by atoms with E-state index in [1.54, 1.807) is 13.0 Å². The number of benzene rings is 1. The van der Waals surface area contributed by atoms with Gasteiger partial charge in [0.2, 0.25) is 0 Å². The maximum Gasteiger partial charge on any atom is 0.340 e. The number of halogens is 1. The van der Waals surface area contributed by atoms with E-state index in [1.165, 1.54) is 0 Å². The van der Waals surface area contributed by atoms with E-state index in [-0.39, 0.29) is 6.61 Å². The predicted octanol–water partition coefficient (Wildman–Crippen LogP) is 3.80. The highest BCUT2D eigenvalue weighted by Gasteiger charge is 2.23. The van der Waals surface area contributed by atoms with Gasteiger partial charge in [0.15, 0.2) is 6.29 Å². The lowest BCUT2D eigenvalue weighted by Gasteiger charge is -2.10. The fourth-order valence-corrected chi connectivity index (χ4v) is 2.78. The van der Waals surface area contributed by atoms with E-state index in [0.717, 1.165) is 17.0 Å². The molecule has 1 heterocycles. The maximum atomic E-state index is 12.1. The quantitative estimate of drug-likeness (QED) is 0.622. The average Bonchev–Trinajstić information content (AvgIpc) is 2.71. The molecule has 0 atom stereocenters. The Labute approximate surface area is 134 Å². The number of esters is 1. The number of carbonyl (C=O) groups excluding carboxylic acids is 2. The van der Waals surface area contributed by atoms with Gasteiger partial charge in [-0.1, -0.05) is 23.7 Å². The highest BCUT2D eigenvalue weighted by molar-refractivity contribution is 6.30. The summed E-state index contributed by atoms with van der Waals surface area (Å²) >= 11 is 6.01. The third-order valence-corrected chi connectivity index (χ3v) is 3.89. The minimum absolute atomic E-state index is 0.273. The molecule has 2 rings (SSSR count). The molecule has 116 valence electrons. The molecule has 4 nitrogen and oxygen atoms in total. The van der Waals surface area contributed by atoms with Crippen molar-refractivity contribution in [2.24, 2.45) is 0 Å². The molecule has 2 aromatic rings. The number of aldehydes is 1. The Hall–Kier alpha value is -2.07. The van der Waals surface area contributed by atoms with Crippen LogP contribution in [-0.4, -0.2) is 23.4 Å². The van der Waals surface area contributed by atoms with Crippen molar-refractivity contribution >= 4 is 23.9 Å². The third-order valence-electron chi connectivity index (χ3n) is 3.66. The number of carbonyl (C=O) groups is 2. The second-order valence-electron chi connectivity index (χ2n) is 5.01. The van der Waals surface area contributed by atoms with Crippen LogP contribution in [0.3, 0.4) is 0 Å². The summed E-state index contributed by atoms with van der Waals surface area (Å²) in [6.07, 6.45) is 0.711. The summed E-state index contributed by atoms with van der Waals surface area (Å²) in [5, 5.41) is 0.654. The van der Waals surface area contributed by atoms with E-state index in [4.69, 9.17) is 16.3 Å². The molecule has 0 unspecified atom stereocenters. The zero-order valence-electron chi connectivity index (χ0n) is 12.9. The van der Waals surface area contributed by atoms with Gasteiger partial charge in [0.1, 0.15) is 0 Å². The van der Waals surface area contributed by atoms with Crippen LogP contribution in [0.25, 0.3) is 0 Å². The molecule has 1 aromatic heterocycles. The van der Waals surface area contributed by atoms with Gasteiger partial charge in [0, 0.05) is 28.5 Å². The summed E-state index contributed by atoms with van der Waals surface area (Å²) in [4.78, 5) is 23.5. The molecule has 0 aliphatic heterocycles. The summed E-state index contributed by atoms with van der Waals surface area (Å²) in [5.41, 5.74) is 3.20. The molecule has 0 amide bonds. The molecular formula is C17H18ClNO3. The van der Waals surface area contributed by atoms with Gasteiger partial charge in [-0.15, -0.1) is 0 Å². The summed E-state index contributed by atoms with van der Waals surface area (Å²) in [6.45, 7) is 6.19. The SMILES string of the molecule is CCOC(=O)c1c(C=O)c(C)n(Cc2cccc(Cl)c2)c1C. The van der Waals surface area contributed by atoms with Crippen molar-refractivity contribution in [2.75, 3.05) is 6.61 Å². The van der Waals surface area contributed by atoms with Crippen LogP contribution in [0, 0.1) is 13.8 Å². The highest BCUT2D eigenvalue weighted by atomic mass is 35.5. The summed E-state index contributed by atoms with van der Waals surface area (Å²) in [5.74, 6) is -0.463. The molecular weight excluding hydrogens is 302 g/mol. The maximum absolute atomic E-state index is 12.1. The number of aromatic nitrogens is 1. The van der Waals surface area contributed by atoms with Gasteiger partial charge >= 0.3 is 5.97 Å². The van der Waals surface area contributed by atoms with E-state index in [0.29, 0.717) is 29.0 Å². The zero-order chi connectivity index (χ0) is 16.3. The van der Waals surface area contributed by atoms with E-state index < -0.39 is 5.97 Å². The molecule has 0 aliphatic rings. The monoisotopic (exact) mass is 319 g/mol. The minimum Gasteiger partial charge on any atom is -0.462 e. The van der Waals surface area contributed by atoms with Crippen LogP contribution >= 0.6 is 11.6 Å². The first-order valence-electron chi connectivity index (χ1n) is 7.06. The van der Waals surface area contributed by atoms with Gasteiger partial charge in [0.05, 0.1) is 12.2 Å². The molecule has 0 spiro atoms. The molecule has 0 saturated heterocycles. The van der Waals surface area contributed by atoms with Crippen LogP contribution in [0.2, 0.25) is 5.02 Å². The summed E-state index contributed by atoms with van der Waals surface area (Å²) in [6, 6.07) is 7.50. The van der Waals surface area contributed by atoms with Crippen molar-refractivity contribution in [3.63, 3.8) is 0 Å². The number of hydrogen-bond donors (Lipinski definition) is 0. The Morgan fingerprint density at radius 3 is 2.64 bits per heavy atom. The number of ether oxygens (including phenoxy) is 1. The number of nitrogens with zero attached hydrogens (tertiary/aromatic N) is 1. The first kappa shape index (κ1) is 16.3. The lowest BCUT2D eigenvalue weighted by atomic mass is 10.1. The number of hydrogen-bond acceptors (Lipinski definition) is 3. The van der Waals surface area contributed by atoms with Crippen LogP contribution in [0.5, 0.6) is 0 Å². The third kappa shape index (κ3) is 3.07. The van der Waals surface area contributed by atoms with E-state index >= 15 is 0 Å². The fourth-order valence-electron chi connectivity index (χ4n) is 2.57. The van der Waals surface area contributed by atoms with Crippen LogP contribution in [0.15, 0.2) is 24.3 Å². The van der Waals surface area contributed by atoms with Gasteiger partial charge in [-0.25, -0.2) is 4.79 Å². The van der Waals surface area contributed by atoms with E-state index in [2.05, 4.69) is 0 Å². The molecule has 0 fully saturated rings. The van der Waals surface area contributed by atoms with E-state index in [1.807, 2.05) is 36.6 Å². The second-order valence-corrected chi connectivity index (χ2v) is 5.45. The lowest BCUT2D eigenvalue weighted by Crippen LogP contribution is -2.09. The molecule has 0 bridgehead atoms. The summed E-state index contributed by atoms with van der Waals surface area (Å²) in [7, 11) is 0. The standard InChI is InChI=1S/C17H18ClNO3/c1-4-22-17(21)16-12(3)19(11(2)15(16)10-20)9-13-6-5-7-14(18)8-13/h5-8,10H,4,9H2,1-3H3. The Bertz CT molecular complexity index is 719. The van der Waals surface area contributed by atoms with Crippen molar-refractivity contribution in [1.82, 2.24) is 4.57 Å². The Kier molecular flexibility index (Phi) is 5.03. The van der Waals surface area contributed by atoms with Crippen molar-refractivity contribution in [3.8, 4) is 0 Å². The van der Waals surface area contributed by atoms with E-state index in [9.17, 15) is 9.59 Å². The Morgan fingerprint density at radius 1 is 1.32 bits per heavy atom. The molecule has 5 heteroatoms. The number of rotatable bonds is 5. The molecule has 0 radical (unpaired) electrons. The Morgan fingerprint density at radius 2 is 2.05 bits per heavy atom. The van der Waals surface area contributed by atoms with Crippen molar-refractivity contribution in [1.29, 1.82) is 0 Å². The van der Waals surface area contributed by atoms with Gasteiger partial charge < -0.3 is 9.30 Å². The molecule has 22 heavy (non-hydrogen) atoms. The van der Waals surface area contributed by atoms with Crippen molar-refractivity contribution < 1.29 is 14.3 Å². The summed E-state index contributed by atoms with van der Waals surface area (Å²) < 4.78 is 6.99. The first-order valence-corrected chi connectivity index (χ1v) is 7.43. The first-order chi connectivity index (χ1) is 10.5. The van der Waals surface area contributed by atoms with Gasteiger partial charge in [-0.2, -0.15) is 0 Å². The zero-order valence-corrected chi connectivity index (χ0v) is 13.6. The lowest BCUT2D eigenvalue weighted by molar-refractivity contribution is 0.0523. The van der Waals surface area contributed by atoms with Gasteiger partial charge in [-0.3, -0.25) is 4.79 Å². The Balaban J connectivity index is 2.48.